The first-order valence-corrected chi connectivity index (χ1v) is 15.8. The van der Waals surface area contributed by atoms with Gasteiger partial charge in [0, 0.05) is 42.5 Å². The van der Waals surface area contributed by atoms with E-state index < -0.39 is 11.6 Å². The number of aliphatic imine (C=N–C) groups is 1. The predicted molar refractivity (Wildman–Crippen MR) is 184 cm³/mol. The van der Waals surface area contributed by atoms with Crippen molar-refractivity contribution < 1.29 is 33.6 Å². The third-order valence-electron chi connectivity index (χ3n) is 8.17. The first kappa shape index (κ1) is 34.6. The Hall–Kier alpha value is -5.71. The predicted octanol–water partition coefficient (Wildman–Crippen LogP) is 6.10. The molecule has 4 aromatic carbocycles. The van der Waals surface area contributed by atoms with Gasteiger partial charge in [-0.15, -0.1) is 0 Å². The summed E-state index contributed by atoms with van der Waals surface area (Å²) in [6.07, 6.45) is -0.225. The molecule has 0 spiro atoms. The number of hydrogen-bond donors (Lipinski definition) is 2. The normalized spacial score (nSPS) is 16.5. The molecule has 254 valence electrons. The molecule has 0 bridgehead atoms. The van der Waals surface area contributed by atoms with E-state index in [1.54, 1.807) is 39.5 Å². The zero-order valence-corrected chi connectivity index (χ0v) is 27.7. The van der Waals surface area contributed by atoms with Gasteiger partial charge in [0.1, 0.15) is 23.0 Å². The van der Waals surface area contributed by atoms with Crippen LogP contribution in [0.2, 0.25) is 0 Å². The lowest BCUT2D eigenvalue weighted by Crippen LogP contribution is -2.49. The molecule has 0 radical (unpaired) electrons. The van der Waals surface area contributed by atoms with Crippen molar-refractivity contribution in [3.63, 3.8) is 0 Å². The van der Waals surface area contributed by atoms with Crippen molar-refractivity contribution in [3.05, 3.63) is 129 Å². The number of rotatable bonds is 16. The first-order valence-electron chi connectivity index (χ1n) is 15.8. The van der Waals surface area contributed by atoms with Gasteiger partial charge in [-0.2, -0.15) is 0 Å². The summed E-state index contributed by atoms with van der Waals surface area (Å²) in [5.41, 5.74) is 11.2. The second-order valence-corrected chi connectivity index (χ2v) is 11.3. The summed E-state index contributed by atoms with van der Waals surface area (Å²) >= 11 is 0. The van der Waals surface area contributed by atoms with Crippen LogP contribution >= 0.6 is 0 Å². The highest BCUT2D eigenvalue weighted by Crippen LogP contribution is 2.44. The minimum atomic E-state index is -1.51. The van der Waals surface area contributed by atoms with Crippen molar-refractivity contribution in [1.29, 1.82) is 0 Å². The lowest BCUT2D eigenvalue weighted by Gasteiger charge is -2.31. The molecule has 49 heavy (non-hydrogen) atoms. The number of methoxy groups -OCH3 is 3. The SMILES string of the molecule is COc1cc(CNC(=O)[C@]2(Cc3ccccc3CN=[N+]=[N-])N=C(c3ccc(OCCCO)cc3)O[C@@H]2c2cccc(OC)c2)cc(OC)c1. The maximum absolute atomic E-state index is 14.8. The Kier molecular flexibility index (Phi) is 11.6. The summed E-state index contributed by atoms with van der Waals surface area (Å²) in [6, 6.07) is 27.5. The van der Waals surface area contributed by atoms with Crippen molar-refractivity contribution in [3.8, 4) is 23.0 Å². The quantitative estimate of drug-likeness (QED) is 0.0634. The third kappa shape index (κ3) is 8.24. The summed E-state index contributed by atoms with van der Waals surface area (Å²) in [5.74, 6) is 2.31. The van der Waals surface area contributed by atoms with Gasteiger partial charge in [0.15, 0.2) is 11.6 Å². The van der Waals surface area contributed by atoms with Crippen molar-refractivity contribution >= 4 is 11.8 Å². The van der Waals surface area contributed by atoms with Gasteiger partial charge in [0.05, 0.1) is 34.5 Å². The summed E-state index contributed by atoms with van der Waals surface area (Å²) in [6.45, 7) is 0.676. The van der Waals surface area contributed by atoms with Gasteiger partial charge >= 0.3 is 0 Å². The number of ether oxygens (including phenoxy) is 5. The Morgan fingerprint density at radius 1 is 0.918 bits per heavy atom. The lowest BCUT2D eigenvalue weighted by molar-refractivity contribution is -0.129. The van der Waals surface area contributed by atoms with E-state index in [1.807, 2.05) is 72.8 Å². The van der Waals surface area contributed by atoms with Gasteiger partial charge in [-0.1, -0.05) is 41.5 Å². The average molecular weight is 666 g/mol. The van der Waals surface area contributed by atoms with Crippen molar-refractivity contribution in [1.82, 2.24) is 5.32 Å². The molecule has 12 heteroatoms. The van der Waals surface area contributed by atoms with Crippen LogP contribution in [-0.4, -0.2) is 57.0 Å². The molecule has 0 aliphatic carbocycles. The fourth-order valence-electron chi connectivity index (χ4n) is 5.67. The molecule has 1 aliphatic rings. The van der Waals surface area contributed by atoms with E-state index in [9.17, 15) is 4.79 Å². The standard InChI is InChI=1S/C37H39N5O7/c1-45-31-11-6-10-27(20-31)34-37(22-28-8-4-5-9-29(28)24-40-42-38,36(44)39-23-25-18-32(46-2)21-33(19-25)47-3)41-35(49-34)26-12-14-30(15-13-26)48-17-7-16-43/h4-6,8-15,18-21,34,43H,7,16-17,22-24H2,1-3H3,(H,39,44)/t34-,37-/m1/s1. The Morgan fingerprint density at radius 2 is 1.63 bits per heavy atom. The van der Waals surface area contributed by atoms with E-state index in [0.29, 0.717) is 47.2 Å². The summed E-state index contributed by atoms with van der Waals surface area (Å²) in [7, 11) is 4.71. The highest BCUT2D eigenvalue weighted by Gasteiger charge is 2.53. The zero-order chi connectivity index (χ0) is 34.6. The second kappa shape index (κ2) is 16.4. The highest BCUT2D eigenvalue weighted by molar-refractivity contribution is 6.01. The number of carbonyl (C=O) groups is 1. The number of aliphatic hydroxyl groups is 1. The number of hydrogen-bond acceptors (Lipinski definition) is 9. The molecule has 0 saturated heterocycles. The van der Waals surface area contributed by atoms with Crippen molar-refractivity contribution in [2.24, 2.45) is 10.1 Å². The van der Waals surface area contributed by atoms with E-state index in [4.69, 9.17) is 39.3 Å². The number of amides is 1. The van der Waals surface area contributed by atoms with Crippen LogP contribution in [-0.2, 0) is 29.0 Å². The van der Waals surface area contributed by atoms with Crippen molar-refractivity contribution in [2.45, 2.75) is 37.6 Å². The summed E-state index contributed by atoms with van der Waals surface area (Å²) < 4.78 is 28.8. The number of carbonyl (C=O) groups excluding carboxylic acids is 1. The Morgan fingerprint density at radius 3 is 2.31 bits per heavy atom. The Bertz CT molecular complexity index is 1800. The second-order valence-electron chi connectivity index (χ2n) is 11.3. The molecule has 1 amide bonds. The molecule has 1 aliphatic heterocycles. The highest BCUT2D eigenvalue weighted by atomic mass is 16.5. The van der Waals surface area contributed by atoms with Crippen LogP contribution in [0.1, 0.15) is 40.3 Å². The molecule has 1 heterocycles. The van der Waals surface area contributed by atoms with Crippen molar-refractivity contribution in [2.75, 3.05) is 34.5 Å². The van der Waals surface area contributed by atoms with Crippen LogP contribution < -0.4 is 24.3 Å². The third-order valence-corrected chi connectivity index (χ3v) is 8.17. The lowest BCUT2D eigenvalue weighted by atomic mass is 9.80. The van der Waals surface area contributed by atoms with Gasteiger partial charge in [-0.3, -0.25) is 4.79 Å². The first-order chi connectivity index (χ1) is 23.9. The van der Waals surface area contributed by atoms with Gasteiger partial charge in [-0.05, 0) is 76.3 Å². The van der Waals surface area contributed by atoms with Crippen LogP contribution in [0.5, 0.6) is 23.0 Å². The van der Waals surface area contributed by atoms with Crippen LogP contribution in [0, 0.1) is 0 Å². The molecule has 4 aromatic rings. The Labute approximate surface area is 284 Å². The maximum Gasteiger partial charge on any atom is 0.252 e. The minimum Gasteiger partial charge on any atom is -0.497 e. The number of aliphatic hydroxyl groups excluding tert-OH is 1. The number of benzene rings is 4. The van der Waals surface area contributed by atoms with Crippen LogP contribution in [0.4, 0.5) is 0 Å². The van der Waals surface area contributed by atoms with E-state index in [1.165, 1.54) is 0 Å². The molecule has 0 aromatic heterocycles. The molecule has 0 saturated carbocycles. The molecule has 2 atom stereocenters. The van der Waals surface area contributed by atoms with E-state index in [2.05, 4.69) is 15.3 Å². The van der Waals surface area contributed by atoms with Crippen LogP contribution in [0.25, 0.3) is 10.4 Å². The molecule has 12 nitrogen and oxygen atoms in total. The smallest absolute Gasteiger partial charge is 0.252 e. The maximum atomic E-state index is 14.8. The number of nitrogens with zero attached hydrogens (tertiary/aromatic N) is 4. The largest absolute Gasteiger partial charge is 0.497 e. The number of azide groups is 1. The van der Waals surface area contributed by atoms with Crippen LogP contribution in [0.15, 0.2) is 101 Å². The molecule has 0 unspecified atom stereocenters. The monoisotopic (exact) mass is 665 g/mol. The number of nitrogens with one attached hydrogen (secondary N) is 1. The van der Waals surface area contributed by atoms with Gasteiger partial charge in [-0.25, -0.2) is 4.99 Å². The molecular weight excluding hydrogens is 626 g/mol. The fourth-order valence-corrected chi connectivity index (χ4v) is 5.67. The van der Waals surface area contributed by atoms with E-state index >= 15 is 0 Å². The molecule has 2 N–H and O–H groups in total. The Balaban J connectivity index is 1.61. The summed E-state index contributed by atoms with van der Waals surface area (Å²) in [4.78, 5) is 22.8. The summed E-state index contributed by atoms with van der Waals surface area (Å²) in [5, 5.41) is 16.0. The topological polar surface area (TPSA) is 157 Å². The fraction of sp³-hybridized carbons (Fsp3) is 0.297. The average Bonchev–Trinajstić information content (AvgIpc) is 3.54. The van der Waals surface area contributed by atoms with E-state index in [0.717, 1.165) is 16.7 Å². The molecule has 0 fully saturated rings. The van der Waals surface area contributed by atoms with E-state index in [-0.39, 0.29) is 37.9 Å². The van der Waals surface area contributed by atoms with Gasteiger partial charge < -0.3 is 34.1 Å². The zero-order valence-electron chi connectivity index (χ0n) is 27.7. The van der Waals surface area contributed by atoms with Gasteiger partial charge in [0.2, 0.25) is 5.90 Å². The van der Waals surface area contributed by atoms with Gasteiger partial charge in [0.25, 0.3) is 5.91 Å². The van der Waals surface area contributed by atoms with Crippen LogP contribution in [0.3, 0.4) is 0 Å². The minimum absolute atomic E-state index is 0.0376. The molecular formula is C37H39N5O7. The molecule has 5 rings (SSSR count).